The van der Waals surface area contributed by atoms with Crippen molar-refractivity contribution in [2.45, 2.75) is 57.0 Å². The number of nitrogens with one attached hydrogen (secondary N) is 2. The van der Waals surface area contributed by atoms with E-state index in [1.54, 1.807) is 4.90 Å². The predicted octanol–water partition coefficient (Wildman–Crippen LogP) is 1.73. The second-order valence-corrected chi connectivity index (χ2v) is 9.36. The summed E-state index contributed by atoms with van der Waals surface area (Å²) >= 11 is 0. The summed E-state index contributed by atoms with van der Waals surface area (Å²) in [5.74, 6) is -2.60. The van der Waals surface area contributed by atoms with E-state index in [-0.39, 0.29) is 54.7 Å². The molecule has 33 heavy (non-hydrogen) atoms. The number of hydrogen-bond acceptors (Lipinski definition) is 4. The number of fused-ring (bicyclic) bond motifs is 1. The lowest BCUT2D eigenvalue weighted by atomic mass is 9.92. The van der Waals surface area contributed by atoms with Crippen LogP contribution in [-0.4, -0.2) is 54.1 Å². The van der Waals surface area contributed by atoms with Crippen LogP contribution in [0.4, 0.5) is 8.78 Å². The minimum absolute atomic E-state index is 0.0410. The Hall–Kier alpha value is -2.84. The molecule has 2 saturated heterocycles. The zero-order valence-corrected chi connectivity index (χ0v) is 18.4. The summed E-state index contributed by atoms with van der Waals surface area (Å²) in [5, 5.41) is 5.50. The van der Waals surface area contributed by atoms with E-state index in [1.165, 1.54) is 6.07 Å². The van der Waals surface area contributed by atoms with Crippen LogP contribution >= 0.6 is 0 Å². The smallest absolute Gasteiger partial charge is 0.243 e. The van der Waals surface area contributed by atoms with Gasteiger partial charge in [0.2, 0.25) is 17.7 Å². The molecule has 3 aliphatic rings. The third-order valence-corrected chi connectivity index (χ3v) is 7.28. The zero-order valence-electron chi connectivity index (χ0n) is 18.4. The molecule has 2 heterocycles. The Bertz CT molecular complexity index is 940. The fourth-order valence-electron chi connectivity index (χ4n) is 5.58. The lowest BCUT2D eigenvalue weighted by Gasteiger charge is -2.28. The van der Waals surface area contributed by atoms with E-state index >= 15 is 0 Å². The van der Waals surface area contributed by atoms with Crippen LogP contribution in [0.2, 0.25) is 0 Å². The molecule has 0 radical (unpaired) electrons. The molecule has 178 valence electrons. The molecule has 0 unspecified atom stereocenters. The van der Waals surface area contributed by atoms with Gasteiger partial charge in [-0.2, -0.15) is 0 Å². The molecule has 1 saturated carbocycles. The highest BCUT2D eigenvalue weighted by atomic mass is 19.2. The molecule has 2 N–H and O–H groups in total. The van der Waals surface area contributed by atoms with Crippen molar-refractivity contribution in [1.29, 1.82) is 0 Å². The molecule has 9 heteroatoms. The fourth-order valence-corrected chi connectivity index (χ4v) is 5.58. The van der Waals surface area contributed by atoms with Crippen LogP contribution in [0.5, 0.6) is 0 Å². The molecule has 2 aliphatic heterocycles. The highest BCUT2D eigenvalue weighted by molar-refractivity contribution is 5.90. The summed E-state index contributed by atoms with van der Waals surface area (Å²) in [6.45, 7) is 1.05. The summed E-state index contributed by atoms with van der Waals surface area (Å²) < 4.78 is 26.6. The molecule has 1 aromatic rings. The van der Waals surface area contributed by atoms with Crippen molar-refractivity contribution in [3.05, 3.63) is 35.4 Å². The molecule has 0 bridgehead atoms. The summed E-state index contributed by atoms with van der Waals surface area (Å²) in [4.78, 5) is 51.3. The highest BCUT2D eigenvalue weighted by Crippen LogP contribution is 2.42. The molecule has 3 amide bonds. The summed E-state index contributed by atoms with van der Waals surface area (Å²) in [7, 11) is 0. The summed E-state index contributed by atoms with van der Waals surface area (Å²) in [6, 6.07) is 2.12. The number of carbonyl (C=O) groups excluding carboxylic acids is 4. The van der Waals surface area contributed by atoms with Gasteiger partial charge in [-0.15, -0.1) is 0 Å². The first kappa shape index (κ1) is 23.3. The number of carbonyl (C=O) groups is 4. The maximum Gasteiger partial charge on any atom is 0.243 e. The normalized spacial score (nSPS) is 27.2. The topological polar surface area (TPSA) is 95.6 Å². The number of aryl methyl sites for hydroxylation is 1. The maximum absolute atomic E-state index is 13.5. The van der Waals surface area contributed by atoms with Gasteiger partial charge in [0, 0.05) is 25.4 Å². The minimum atomic E-state index is -0.955. The predicted molar refractivity (Wildman–Crippen MR) is 115 cm³/mol. The first-order valence-corrected chi connectivity index (χ1v) is 11.6. The van der Waals surface area contributed by atoms with Gasteiger partial charge in [-0.1, -0.05) is 12.5 Å². The van der Waals surface area contributed by atoms with Gasteiger partial charge in [0.1, 0.15) is 12.3 Å². The number of benzene rings is 1. The van der Waals surface area contributed by atoms with Crippen molar-refractivity contribution in [2.24, 2.45) is 17.8 Å². The number of likely N-dealkylation sites (tertiary alicyclic amines) is 1. The minimum Gasteiger partial charge on any atom is -0.356 e. The van der Waals surface area contributed by atoms with Gasteiger partial charge < -0.3 is 20.3 Å². The van der Waals surface area contributed by atoms with E-state index in [4.69, 9.17) is 0 Å². The lowest BCUT2D eigenvalue weighted by Crippen LogP contribution is -2.52. The fraction of sp³-hybridized carbons (Fsp3) is 0.583. The van der Waals surface area contributed by atoms with Gasteiger partial charge in [-0.3, -0.25) is 14.4 Å². The Morgan fingerprint density at radius 1 is 1.21 bits per heavy atom. The van der Waals surface area contributed by atoms with E-state index in [1.807, 2.05) is 0 Å². The van der Waals surface area contributed by atoms with Gasteiger partial charge in [0.25, 0.3) is 0 Å². The van der Waals surface area contributed by atoms with Gasteiger partial charge in [-0.05, 0) is 61.6 Å². The largest absolute Gasteiger partial charge is 0.356 e. The molecular weight excluding hydrogens is 432 g/mol. The summed E-state index contributed by atoms with van der Waals surface area (Å²) in [5.41, 5.74) is 0.513. The Morgan fingerprint density at radius 3 is 2.73 bits per heavy atom. The molecule has 3 fully saturated rings. The molecule has 1 aromatic carbocycles. The van der Waals surface area contributed by atoms with Crippen LogP contribution < -0.4 is 10.6 Å². The molecule has 4 rings (SSSR count). The zero-order chi connectivity index (χ0) is 23.5. The van der Waals surface area contributed by atoms with Crippen molar-refractivity contribution in [2.75, 3.05) is 13.1 Å². The SMILES string of the molecule is O=C[C@H](C[C@@H]1CCNC1=O)NC(=O)[C@H]1[C@@H]2CCC[C@H]2CN1C(=O)CCc1ccc(F)c(F)c1. The van der Waals surface area contributed by atoms with Crippen molar-refractivity contribution >= 4 is 24.0 Å². The van der Waals surface area contributed by atoms with Crippen LogP contribution in [0.15, 0.2) is 18.2 Å². The van der Waals surface area contributed by atoms with E-state index in [0.717, 1.165) is 31.4 Å². The van der Waals surface area contributed by atoms with E-state index in [0.29, 0.717) is 31.4 Å². The molecule has 7 nitrogen and oxygen atoms in total. The second-order valence-electron chi connectivity index (χ2n) is 9.36. The quantitative estimate of drug-likeness (QED) is 0.577. The van der Waals surface area contributed by atoms with Crippen LogP contribution in [0, 0.1) is 29.4 Å². The van der Waals surface area contributed by atoms with E-state index in [9.17, 15) is 28.0 Å². The first-order chi connectivity index (χ1) is 15.9. The number of amides is 3. The number of hydrogen-bond donors (Lipinski definition) is 2. The van der Waals surface area contributed by atoms with Crippen LogP contribution in [0.3, 0.4) is 0 Å². The molecule has 0 spiro atoms. The molecule has 1 aliphatic carbocycles. The number of aldehydes is 1. The second kappa shape index (κ2) is 9.97. The number of rotatable bonds is 8. The standard InChI is InChI=1S/C24H29F2N3O4/c25-19-6-4-14(10-20(19)26)5-7-21(31)29-12-16-2-1-3-18(16)22(29)24(33)28-17(13-30)11-15-8-9-27-23(15)32/h4,6,10,13,15-18,22H,1-3,5,7-9,11-12H2,(H,27,32)(H,28,33)/t15-,16-,17-,18+,22+/m0/s1. The van der Waals surface area contributed by atoms with Crippen LogP contribution in [-0.2, 0) is 25.6 Å². The average Bonchev–Trinajstić information content (AvgIpc) is 3.50. The van der Waals surface area contributed by atoms with Gasteiger partial charge in [0.15, 0.2) is 11.6 Å². The van der Waals surface area contributed by atoms with Crippen molar-refractivity contribution in [3.63, 3.8) is 0 Å². The van der Waals surface area contributed by atoms with Gasteiger partial charge in [0.05, 0.1) is 6.04 Å². The van der Waals surface area contributed by atoms with Crippen LogP contribution in [0.25, 0.3) is 0 Å². The first-order valence-electron chi connectivity index (χ1n) is 11.6. The molecule has 0 aromatic heterocycles. The van der Waals surface area contributed by atoms with E-state index < -0.39 is 23.7 Å². The Morgan fingerprint density at radius 2 is 2.03 bits per heavy atom. The third-order valence-electron chi connectivity index (χ3n) is 7.28. The molecular formula is C24H29F2N3O4. The van der Waals surface area contributed by atoms with E-state index in [2.05, 4.69) is 10.6 Å². The highest BCUT2D eigenvalue weighted by Gasteiger charge is 2.49. The molecule has 5 atom stereocenters. The van der Waals surface area contributed by atoms with Crippen molar-refractivity contribution in [3.8, 4) is 0 Å². The Kier molecular flexibility index (Phi) is 7.05. The number of halogens is 2. The van der Waals surface area contributed by atoms with Gasteiger partial charge >= 0.3 is 0 Å². The maximum atomic E-state index is 13.5. The van der Waals surface area contributed by atoms with Crippen molar-refractivity contribution in [1.82, 2.24) is 15.5 Å². The third kappa shape index (κ3) is 5.07. The monoisotopic (exact) mass is 461 g/mol. The Balaban J connectivity index is 1.41. The van der Waals surface area contributed by atoms with Crippen LogP contribution in [0.1, 0.15) is 44.1 Å². The Labute approximate surface area is 191 Å². The number of nitrogens with zero attached hydrogens (tertiary/aromatic N) is 1. The summed E-state index contributed by atoms with van der Waals surface area (Å²) in [6.07, 6.45) is 4.62. The lowest BCUT2D eigenvalue weighted by molar-refractivity contribution is -0.140. The average molecular weight is 462 g/mol. The van der Waals surface area contributed by atoms with Crippen molar-refractivity contribution < 1.29 is 28.0 Å². The van der Waals surface area contributed by atoms with Gasteiger partial charge in [-0.25, -0.2) is 8.78 Å².